The molecule has 208 valence electrons. The van der Waals surface area contributed by atoms with Crippen LogP contribution in [0.1, 0.15) is 22.3 Å². The van der Waals surface area contributed by atoms with Gasteiger partial charge in [-0.3, -0.25) is 0 Å². The number of thiol groups is 1. The fourth-order valence-corrected chi connectivity index (χ4v) is 4.96. The quantitative estimate of drug-likeness (QED) is 0.116. The Labute approximate surface area is 247 Å². The molecule has 1 atom stereocenters. The fourth-order valence-electron chi connectivity index (χ4n) is 4.78. The van der Waals surface area contributed by atoms with E-state index in [-0.39, 0.29) is 5.25 Å². The number of methoxy groups -OCH3 is 1. The summed E-state index contributed by atoms with van der Waals surface area (Å²) in [6.45, 7) is 1.29. The lowest BCUT2D eigenvalue weighted by molar-refractivity contribution is 0.00149. The molecule has 5 rings (SSSR count). The molecule has 0 radical (unpaired) electrons. The fraction of sp³-hybridized carbons (Fsp3) is 0.167. The lowest BCUT2D eigenvalue weighted by atomic mass is 9.80. The molecule has 0 fully saturated rings. The standard InChI is InChI=1S/C36H34O4S/c1-37-32-23-19-31(20-24-32)36(29-11-5-2-6-12-29,30-13-7-3-8-14-30)39-27-35(41)26-38-25-28-17-21-34(22-18-28)40-33-15-9-4-10-16-33/h2-24,35,41H,25-27H2,1H3/t35-/m0/s1. The van der Waals surface area contributed by atoms with Gasteiger partial charge in [0.2, 0.25) is 0 Å². The minimum absolute atomic E-state index is 0.138. The monoisotopic (exact) mass is 562 g/mol. The minimum atomic E-state index is -0.829. The van der Waals surface area contributed by atoms with E-state index in [2.05, 4.69) is 36.4 Å². The van der Waals surface area contributed by atoms with Gasteiger partial charge in [0.05, 0.1) is 26.9 Å². The van der Waals surface area contributed by atoms with E-state index in [9.17, 15) is 0 Å². The second kappa shape index (κ2) is 14.0. The molecule has 0 saturated heterocycles. The van der Waals surface area contributed by atoms with Gasteiger partial charge in [0.1, 0.15) is 22.8 Å². The zero-order valence-corrected chi connectivity index (χ0v) is 24.0. The maximum atomic E-state index is 6.88. The normalized spacial score (nSPS) is 12.0. The first kappa shape index (κ1) is 28.5. The minimum Gasteiger partial charge on any atom is -0.497 e. The highest BCUT2D eigenvalue weighted by atomic mass is 32.1. The van der Waals surface area contributed by atoms with Crippen LogP contribution in [0.15, 0.2) is 140 Å². The molecule has 5 heteroatoms. The van der Waals surface area contributed by atoms with E-state index < -0.39 is 5.60 Å². The van der Waals surface area contributed by atoms with Crippen molar-refractivity contribution in [2.24, 2.45) is 0 Å². The molecule has 0 spiro atoms. The van der Waals surface area contributed by atoms with Gasteiger partial charge in [-0.1, -0.05) is 103 Å². The molecule has 0 aliphatic heterocycles. The molecule has 0 aliphatic carbocycles. The maximum Gasteiger partial charge on any atom is 0.143 e. The summed E-state index contributed by atoms with van der Waals surface area (Å²) in [6, 6.07) is 46.4. The molecule has 5 aromatic rings. The van der Waals surface area contributed by atoms with Gasteiger partial charge in [-0.15, -0.1) is 0 Å². The molecular weight excluding hydrogens is 528 g/mol. The number of benzene rings is 5. The average Bonchev–Trinajstić information content (AvgIpc) is 3.04. The Balaban J connectivity index is 1.27. The van der Waals surface area contributed by atoms with Crippen LogP contribution in [0.25, 0.3) is 0 Å². The van der Waals surface area contributed by atoms with Crippen LogP contribution in [0.2, 0.25) is 0 Å². The number of rotatable bonds is 13. The highest BCUT2D eigenvalue weighted by molar-refractivity contribution is 7.81. The van der Waals surface area contributed by atoms with Gasteiger partial charge in [-0.05, 0) is 58.7 Å². The Morgan fingerprint density at radius 3 is 1.61 bits per heavy atom. The smallest absolute Gasteiger partial charge is 0.143 e. The lowest BCUT2D eigenvalue weighted by Crippen LogP contribution is -2.35. The van der Waals surface area contributed by atoms with Crippen molar-refractivity contribution in [2.75, 3.05) is 20.3 Å². The van der Waals surface area contributed by atoms with Crippen molar-refractivity contribution in [2.45, 2.75) is 17.5 Å². The largest absolute Gasteiger partial charge is 0.497 e. The lowest BCUT2D eigenvalue weighted by Gasteiger charge is -2.36. The van der Waals surface area contributed by atoms with E-state index in [1.807, 2.05) is 103 Å². The van der Waals surface area contributed by atoms with Gasteiger partial charge >= 0.3 is 0 Å². The summed E-state index contributed by atoms with van der Waals surface area (Å²) in [7, 11) is 1.67. The molecule has 5 aromatic carbocycles. The van der Waals surface area contributed by atoms with E-state index in [1.165, 1.54) is 0 Å². The van der Waals surface area contributed by atoms with E-state index in [1.54, 1.807) is 7.11 Å². The Bertz CT molecular complexity index is 1420. The van der Waals surface area contributed by atoms with Crippen molar-refractivity contribution in [1.29, 1.82) is 0 Å². The summed E-state index contributed by atoms with van der Waals surface area (Å²) < 4.78 is 24.2. The Morgan fingerprint density at radius 2 is 1.05 bits per heavy atom. The van der Waals surface area contributed by atoms with Crippen molar-refractivity contribution in [3.05, 3.63) is 162 Å². The summed E-state index contributed by atoms with van der Waals surface area (Å²) in [5.74, 6) is 2.40. The Kier molecular flexibility index (Phi) is 9.76. The molecule has 0 amide bonds. The van der Waals surface area contributed by atoms with E-state index in [0.29, 0.717) is 19.8 Å². The predicted octanol–water partition coefficient (Wildman–Crippen LogP) is 8.31. The Morgan fingerprint density at radius 1 is 0.561 bits per heavy atom. The van der Waals surface area contributed by atoms with Gasteiger partial charge in [0.25, 0.3) is 0 Å². The van der Waals surface area contributed by atoms with Gasteiger partial charge in [-0.25, -0.2) is 0 Å². The second-order valence-corrected chi connectivity index (χ2v) is 10.4. The summed E-state index contributed by atoms with van der Waals surface area (Å²) in [5, 5.41) is -0.138. The summed E-state index contributed by atoms with van der Waals surface area (Å²) in [4.78, 5) is 0. The molecule has 0 bridgehead atoms. The van der Waals surface area contributed by atoms with Crippen molar-refractivity contribution < 1.29 is 18.9 Å². The van der Waals surface area contributed by atoms with Gasteiger partial charge in [0.15, 0.2) is 0 Å². The molecule has 0 saturated carbocycles. The van der Waals surface area contributed by atoms with Crippen molar-refractivity contribution >= 4 is 12.6 Å². The average molecular weight is 563 g/mol. The van der Waals surface area contributed by atoms with Crippen molar-refractivity contribution in [1.82, 2.24) is 0 Å². The summed E-state index contributed by atoms with van der Waals surface area (Å²) in [5.41, 5.74) is 3.32. The second-order valence-electron chi connectivity index (χ2n) is 9.68. The number of hydrogen-bond donors (Lipinski definition) is 1. The first-order valence-corrected chi connectivity index (χ1v) is 14.2. The van der Waals surface area contributed by atoms with E-state index in [4.69, 9.17) is 31.6 Å². The number of ether oxygens (including phenoxy) is 4. The topological polar surface area (TPSA) is 36.9 Å². The zero-order chi connectivity index (χ0) is 28.3. The third-order valence-corrected chi connectivity index (χ3v) is 7.13. The molecular formula is C36H34O4S. The molecule has 0 aromatic heterocycles. The zero-order valence-electron chi connectivity index (χ0n) is 23.1. The first-order valence-electron chi connectivity index (χ1n) is 13.6. The van der Waals surface area contributed by atoms with Crippen LogP contribution in [0.4, 0.5) is 0 Å². The molecule has 0 aliphatic rings. The predicted molar refractivity (Wildman–Crippen MR) is 167 cm³/mol. The molecule has 0 unspecified atom stereocenters. The van der Waals surface area contributed by atoms with Crippen LogP contribution in [0.3, 0.4) is 0 Å². The molecule has 0 N–H and O–H groups in total. The maximum absolute atomic E-state index is 6.88. The summed E-state index contributed by atoms with van der Waals surface area (Å²) in [6.07, 6.45) is 0. The van der Waals surface area contributed by atoms with E-state index >= 15 is 0 Å². The van der Waals surface area contributed by atoms with Crippen molar-refractivity contribution in [3.8, 4) is 17.2 Å². The van der Waals surface area contributed by atoms with Crippen LogP contribution in [0, 0.1) is 0 Å². The third kappa shape index (κ3) is 7.19. The van der Waals surface area contributed by atoms with Gasteiger partial charge < -0.3 is 18.9 Å². The van der Waals surface area contributed by atoms with Gasteiger partial charge in [-0.2, -0.15) is 12.6 Å². The molecule has 0 heterocycles. The molecule has 4 nitrogen and oxygen atoms in total. The van der Waals surface area contributed by atoms with Gasteiger partial charge in [0, 0.05) is 5.25 Å². The van der Waals surface area contributed by atoms with Crippen LogP contribution in [0.5, 0.6) is 17.2 Å². The van der Waals surface area contributed by atoms with Crippen LogP contribution in [-0.4, -0.2) is 25.6 Å². The van der Waals surface area contributed by atoms with Crippen LogP contribution in [-0.2, 0) is 21.7 Å². The third-order valence-electron chi connectivity index (χ3n) is 6.83. The number of hydrogen-bond acceptors (Lipinski definition) is 5. The SMILES string of the molecule is COc1ccc(C(OC[C@@H](S)COCc2ccc(Oc3ccccc3)cc2)(c2ccccc2)c2ccccc2)cc1. The highest BCUT2D eigenvalue weighted by Crippen LogP contribution is 2.41. The van der Waals surface area contributed by atoms with Crippen molar-refractivity contribution in [3.63, 3.8) is 0 Å². The number of para-hydroxylation sites is 1. The van der Waals surface area contributed by atoms with E-state index in [0.717, 1.165) is 39.5 Å². The molecule has 41 heavy (non-hydrogen) atoms. The van der Waals surface area contributed by atoms with Crippen LogP contribution < -0.4 is 9.47 Å². The summed E-state index contributed by atoms with van der Waals surface area (Å²) >= 11 is 4.84. The Hall–Kier alpha value is -4.03. The highest BCUT2D eigenvalue weighted by Gasteiger charge is 2.38. The van der Waals surface area contributed by atoms with Crippen LogP contribution >= 0.6 is 12.6 Å². The first-order chi connectivity index (χ1) is 20.2.